The van der Waals surface area contributed by atoms with E-state index in [-0.39, 0.29) is 12.0 Å². The molecule has 2 atom stereocenters. The number of hydrogen-bond donors (Lipinski definition) is 1. The molecule has 1 aromatic carbocycles. The highest BCUT2D eigenvalue weighted by Gasteiger charge is 2.18. The second-order valence-corrected chi connectivity index (χ2v) is 5.49. The Hall–Kier alpha value is -1.90. The fraction of sp³-hybridized carbons (Fsp3) is 0.529. The zero-order chi connectivity index (χ0) is 15.8. The van der Waals surface area contributed by atoms with Crippen LogP contribution >= 0.6 is 0 Å². The topological polar surface area (TPSA) is 71.3 Å². The number of nitriles is 1. The maximum atomic E-state index is 12.1. The molecule has 1 N–H and O–H groups in total. The second kappa shape index (κ2) is 8.52. The third kappa shape index (κ3) is 5.14. The van der Waals surface area contributed by atoms with E-state index in [0.717, 1.165) is 31.4 Å². The van der Waals surface area contributed by atoms with Gasteiger partial charge in [-0.1, -0.05) is 12.1 Å². The third-order valence-electron chi connectivity index (χ3n) is 3.68. The highest BCUT2D eigenvalue weighted by atomic mass is 16.5. The van der Waals surface area contributed by atoms with E-state index in [1.807, 2.05) is 12.1 Å². The third-order valence-corrected chi connectivity index (χ3v) is 3.68. The normalized spacial score (nSPS) is 19.2. The number of amides is 1. The second-order valence-electron chi connectivity index (χ2n) is 5.49. The summed E-state index contributed by atoms with van der Waals surface area (Å²) in [5.74, 6) is -0.177. The molecule has 118 valence electrons. The summed E-state index contributed by atoms with van der Waals surface area (Å²) in [5, 5.41) is 11.4. The molecule has 0 saturated carbocycles. The van der Waals surface area contributed by atoms with Crippen LogP contribution in [0.25, 0.3) is 0 Å². The van der Waals surface area contributed by atoms with Crippen LogP contribution in [0.4, 0.5) is 5.69 Å². The first-order valence-electron chi connectivity index (χ1n) is 7.69. The number of anilines is 1. The van der Waals surface area contributed by atoms with Gasteiger partial charge in [-0.25, -0.2) is 0 Å². The van der Waals surface area contributed by atoms with Gasteiger partial charge in [-0.05, 0) is 43.9 Å². The van der Waals surface area contributed by atoms with E-state index in [1.165, 1.54) is 0 Å². The summed E-state index contributed by atoms with van der Waals surface area (Å²) >= 11 is 0. The van der Waals surface area contributed by atoms with Crippen LogP contribution in [-0.2, 0) is 20.7 Å². The van der Waals surface area contributed by atoms with Gasteiger partial charge in [-0.3, -0.25) is 4.79 Å². The molecule has 0 radical (unpaired) electrons. The van der Waals surface area contributed by atoms with Crippen LogP contribution in [0.2, 0.25) is 0 Å². The van der Waals surface area contributed by atoms with Crippen molar-refractivity contribution in [2.75, 3.05) is 18.5 Å². The van der Waals surface area contributed by atoms with Gasteiger partial charge in [0.25, 0.3) is 5.91 Å². The van der Waals surface area contributed by atoms with Crippen LogP contribution < -0.4 is 5.32 Å². The van der Waals surface area contributed by atoms with Gasteiger partial charge in [-0.2, -0.15) is 5.26 Å². The maximum Gasteiger partial charge on any atom is 0.253 e. The first-order chi connectivity index (χ1) is 10.7. The van der Waals surface area contributed by atoms with Crippen LogP contribution in [0.15, 0.2) is 24.3 Å². The van der Waals surface area contributed by atoms with E-state index in [1.54, 1.807) is 19.1 Å². The van der Waals surface area contributed by atoms with Gasteiger partial charge >= 0.3 is 0 Å². The van der Waals surface area contributed by atoms with Gasteiger partial charge in [-0.15, -0.1) is 0 Å². The molecular formula is C17H22N2O3. The predicted octanol–water partition coefficient (Wildman–Crippen LogP) is 2.67. The highest BCUT2D eigenvalue weighted by Crippen LogP contribution is 2.14. The van der Waals surface area contributed by atoms with Gasteiger partial charge < -0.3 is 14.8 Å². The number of carbonyl (C=O) groups excluding carboxylic acids is 1. The summed E-state index contributed by atoms with van der Waals surface area (Å²) in [6.07, 6.45) is 3.21. The number of hydrogen-bond acceptors (Lipinski definition) is 4. The SMILES string of the molecule is CC(OCC1CCCCO1)C(=O)Nc1ccc(CC#N)cc1. The van der Waals surface area contributed by atoms with E-state index in [2.05, 4.69) is 11.4 Å². The molecule has 0 bridgehead atoms. The average molecular weight is 302 g/mol. The lowest BCUT2D eigenvalue weighted by Crippen LogP contribution is -2.32. The summed E-state index contributed by atoms with van der Waals surface area (Å²) in [4.78, 5) is 12.1. The smallest absolute Gasteiger partial charge is 0.253 e. The minimum Gasteiger partial charge on any atom is -0.376 e. The van der Waals surface area contributed by atoms with Crippen molar-refractivity contribution in [2.45, 2.75) is 44.8 Å². The van der Waals surface area contributed by atoms with Gasteiger partial charge in [0.1, 0.15) is 6.10 Å². The Morgan fingerprint density at radius 2 is 2.23 bits per heavy atom. The Morgan fingerprint density at radius 1 is 1.45 bits per heavy atom. The van der Waals surface area contributed by atoms with Crippen molar-refractivity contribution in [1.82, 2.24) is 0 Å². The summed E-state index contributed by atoms with van der Waals surface area (Å²) in [7, 11) is 0. The van der Waals surface area contributed by atoms with Crippen LogP contribution in [0, 0.1) is 11.3 Å². The van der Waals surface area contributed by atoms with Crippen LogP contribution in [0.1, 0.15) is 31.7 Å². The largest absolute Gasteiger partial charge is 0.376 e. The standard InChI is InChI=1S/C17H22N2O3/c1-13(22-12-16-4-2-3-11-21-16)17(20)19-15-7-5-14(6-8-15)9-10-18/h5-8,13,16H,2-4,9,11-12H2,1H3,(H,19,20). The zero-order valence-electron chi connectivity index (χ0n) is 12.9. The molecule has 1 aromatic rings. The Morgan fingerprint density at radius 3 is 2.86 bits per heavy atom. The summed E-state index contributed by atoms with van der Waals surface area (Å²) in [5.41, 5.74) is 1.63. The molecule has 0 spiro atoms. The Kier molecular flexibility index (Phi) is 6.38. The van der Waals surface area contributed by atoms with E-state index < -0.39 is 6.10 Å². The molecule has 2 rings (SSSR count). The molecule has 1 fully saturated rings. The first kappa shape index (κ1) is 16.5. The minimum atomic E-state index is -0.524. The van der Waals surface area contributed by atoms with Crippen molar-refractivity contribution in [1.29, 1.82) is 5.26 Å². The Bertz CT molecular complexity index is 516. The van der Waals surface area contributed by atoms with Crippen molar-refractivity contribution in [2.24, 2.45) is 0 Å². The van der Waals surface area contributed by atoms with Gasteiger partial charge in [0.05, 0.1) is 25.2 Å². The molecule has 1 aliphatic heterocycles. The van der Waals surface area contributed by atoms with Crippen LogP contribution in [0.5, 0.6) is 0 Å². The summed E-state index contributed by atoms with van der Waals surface area (Å²) in [6.45, 7) is 2.97. The summed E-state index contributed by atoms with van der Waals surface area (Å²) in [6, 6.07) is 9.34. The highest BCUT2D eigenvalue weighted by molar-refractivity contribution is 5.93. The number of carbonyl (C=O) groups is 1. The Balaban J connectivity index is 1.76. The van der Waals surface area contributed by atoms with Crippen molar-refractivity contribution >= 4 is 11.6 Å². The van der Waals surface area contributed by atoms with Crippen LogP contribution in [0.3, 0.4) is 0 Å². The number of benzene rings is 1. The Labute approximate surface area is 131 Å². The number of nitrogens with one attached hydrogen (secondary N) is 1. The van der Waals surface area contributed by atoms with Crippen molar-refractivity contribution in [3.8, 4) is 6.07 Å². The molecule has 1 aliphatic rings. The zero-order valence-corrected chi connectivity index (χ0v) is 12.9. The molecule has 5 heteroatoms. The van der Waals surface area contributed by atoms with E-state index in [4.69, 9.17) is 14.7 Å². The fourth-order valence-corrected chi connectivity index (χ4v) is 2.31. The van der Waals surface area contributed by atoms with Crippen molar-refractivity contribution in [3.63, 3.8) is 0 Å². The van der Waals surface area contributed by atoms with Gasteiger partial charge in [0.2, 0.25) is 0 Å². The number of ether oxygens (including phenoxy) is 2. The lowest BCUT2D eigenvalue weighted by Gasteiger charge is -2.23. The molecule has 22 heavy (non-hydrogen) atoms. The molecule has 1 amide bonds. The van der Waals surface area contributed by atoms with Gasteiger partial charge in [0.15, 0.2) is 0 Å². The molecular weight excluding hydrogens is 280 g/mol. The van der Waals surface area contributed by atoms with E-state index in [9.17, 15) is 4.79 Å². The maximum absolute atomic E-state index is 12.1. The summed E-state index contributed by atoms with van der Waals surface area (Å²) < 4.78 is 11.2. The minimum absolute atomic E-state index is 0.106. The first-order valence-corrected chi connectivity index (χ1v) is 7.69. The fourth-order valence-electron chi connectivity index (χ4n) is 2.31. The lowest BCUT2D eigenvalue weighted by atomic mass is 10.1. The molecule has 5 nitrogen and oxygen atoms in total. The molecule has 0 aliphatic carbocycles. The molecule has 0 aromatic heterocycles. The quantitative estimate of drug-likeness (QED) is 0.877. The van der Waals surface area contributed by atoms with Gasteiger partial charge in [0, 0.05) is 12.3 Å². The monoisotopic (exact) mass is 302 g/mol. The molecule has 1 saturated heterocycles. The lowest BCUT2D eigenvalue weighted by molar-refractivity contribution is -0.130. The van der Waals surface area contributed by atoms with Crippen molar-refractivity contribution < 1.29 is 14.3 Å². The average Bonchev–Trinajstić information content (AvgIpc) is 2.55. The number of rotatable bonds is 6. The van der Waals surface area contributed by atoms with E-state index in [0.29, 0.717) is 18.7 Å². The van der Waals surface area contributed by atoms with Crippen LogP contribution in [-0.4, -0.2) is 31.3 Å². The number of nitrogens with zero attached hydrogens (tertiary/aromatic N) is 1. The molecule has 1 heterocycles. The molecule has 2 unspecified atom stereocenters. The van der Waals surface area contributed by atoms with E-state index >= 15 is 0 Å². The predicted molar refractivity (Wildman–Crippen MR) is 83.4 cm³/mol. The van der Waals surface area contributed by atoms with Crippen molar-refractivity contribution in [3.05, 3.63) is 29.8 Å².